The second-order valence-corrected chi connectivity index (χ2v) is 12.6. The van der Waals surface area contributed by atoms with Gasteiger partial charge in [-0.3, -0.25) is 9.59 Å². The number of hydrogen-bond acceptors (Lipinski definition) is 7. The summed E-state index contributed by atoms with van der Waals surface area (Å²) in [7, 11) is 1.59. The molecule has 236 valence electrons. The van der Waals surface area contributed by atoms with E-state index in [9.17, 15) is 18.8 Å². The number of rotatable bonds is 11. The van der Waals surface area contributed by atoms with Gasteiger partial charge in [0.15, 0.2) is 0 Å². The number of alkyl halides is 1. The number of halogens is 1. The fourth-order valence-corrected chi connectivity index (χ4v) is 7.49. The van der Waals surface area contributed by atoms with Crippen molar-refractivity contribution in [2.75, 3.05) is 38.9 Å². The molecular weight excluding hydrogens is 553 g/mol. The van der Waals surface area contributed by atoms with Crippen molar-refractivity contribution in [1.82, 2.24) is 4.90 Å². The third-order valence-electron chi connectivity index (χ3n) is 9.87. The number of methoxy groups -OCH3 is 1. The molecule has 0 radical (unpaired) electrons. The van der Waals surface area contributed by atoms with Crippen LogP contribution in [0.4, 0.5) is 10.1 Å². The molecule has 9 nitrogen and oxygen atoms in total. The first-order chi connectivity index (χ1) is 20.9. The lowest BCUT2D eigenvalue weighted by Crippen LogP contribution is -2.50. The van der Waals surface area contributed by atoms with Crippen LogP contribution < -0.4 is 11.1 Å². The summed E-state index contributed by atoms with van der Waals surface area (Å²) in [5, 5.41) is 3.76. The molecule has 2 saturated carbocycles. The number of fused-ring (bicyclic) bond motifs is 1. The van der Waals surface area contributed by atoms with Crippen molar-refractivity contribution in [2.24, 2.45) is 29.4 Å². The van der Waals surface area contributed by atoms with E-state index in [1.54, 1.807) is 31.4 Å². The Morgan fingerprint density at radius 2 is 1.81 bits per heavy atom. The lowest BCUT2D eigenvalue weighted by molar-refractivity contribution is -0.142. The minimum Gasteiger partial charge on any atom is -0.460 e. The molecular formula is C33H46FN3O6. The van der Waals surface area contributed by atoms with Crippen molar-refractivity contribution in [2.45, 2.75) is 82.7 Å². The quantitative estimate of drug-likeness (QED) is 0.259. The van der Waals surface area contributed by atoms with E-state index in [2.05, 4.69) is 5.32 Å². The van der Waals surface area contributed by atoms with E-state index >= 15 is 0 Å². The summed E-state index contributed by atoms with van der Waals surface area (Å²) in [6.45, 7) is 0.777. The van der Waals surface area contributed by atoms with E-state index in [1.807, 2.05) is 4.90 Å². The largest absolute Gasteiger partial charge is 0.460 e. The van der Waals surface area contributed by atoms with Crippen molar-refractivity contribution in [3.8, 4) is 0 Å². The monoisotopic (exact) mass is 599 g/mol. The molecule has 3 aliphatic rings. The number of nitrogens with one attached hydrogen (secondary N) is 1. The molecule has 2 amide bonds. The van der Waals surface area contributed by atoms with Crippen LogP contribution in [0.1, 0.15) is 81.2 Å². The van der Waals surface area contributed by atoms with Gasteiger partial charge in [0.2, 0.25) is 17.6 Å². The molecule has 3 atom stereocenters. The number of esters is 1. The van der Waals surface area contributed by atoms with Crippen LogP contribution in [0.5, 0.6) is 0 Å². The van der Waals surface area contributed by atoms with E-state index in [1.165, 1.54) is 6.42 Å². The third-order valence-corrected chi connectivity index (χ3v) is 9.87. The van der Waals surface area contributed by atoms with E-state index < -0.39 is 24.7 Å². The van der Waals surface area contributed by atoms with Crippen LogP contribution >= 0.6 is 0 Å². The smallest absolute Gasteiger partial charge is 0.374 e. The number of carbonyl (C=O) groups excluding carboxylic acids is 3. The molecule has 1 aliphatic heterocycles. The van der Waals surface area contributed by atoms with Crippen LogP contribution in [0, 0.1) is 23.7 Å². The zero-order chi connectivity index (χ0) is 30.3. The number of amides is 2. The summed E-state index contributed by atoms with van der Waals surface area (Å²) in [4.78, 5) is 42.1. The van der Waals surface area contributed by atoms with Crippen molar-refractivity contribution in [3.63, 3.8) is 0 Å². The number of nitrogens with two attached hydrogens (primary N) is 1. The second kappa shape index (κ2) is 14.7. The Labute approximate surface area is 253 Å². The molecule has 2 heterocycles. The summed E-state index contributed by atoms with van der Waals surface area (Å²) in [5.41, 5.74) is 7.05. The highest BCUT2D eigenvalue weighted by Crippen LogP contribution is 2.41. The number of furan rings is 1. The number of likely N-dealkylation sites (tertiary alicyclic amines) is 1. The molecule has 0 spiro atoms. The molecule has 1 aromatic heterocycles. The van der Waals surface area contributed by atoms with Crippen LogP contribution in [-0.4, -0.2) is 68.3 Å². The van der Waals surface area contributed by atoms with Gasteiger partial charge in [0.05, 0.1) is 6.61 Å². The first-order valence-corrected chi connectivity index (χ1v) is 16.0. The average Bonchev–Trinajstić information content (AvgIpc) is 3.68. The van der Waals surface area contributed by atoms with Gasteiger partial charge in [0, 0.05) is 49.7 Å². The van der Waals surface area contributed by atoms with Gasteiger partial charge in [0.1, 0.15) is 18.3 Å². The average molecular weight is 600 g/mol. The van der Waals surface area contributed by atoms with E-state index in [4.69, 9.17) is 19.6 Å². The fraction of sp³-hybridized carbons (Fsp3) is 0.667. The number of ether oxygens (including phenoxy) is 2. The summed E-state index contributed by atoms with van der Waals surface area (Å²) in [5.74, 6) is -0.0695. The lowest BCUT2D eigenvalue weighted by Gasteiger charge is -2.36. The van der Waals surface area contributed by atoms with Gasteiger partial charge in [-0.05, 0) is 74.1 Å². The molecule has 0 bridgehead atoms. The maximum atomic E-state index is 14.0. The Hall–Kier alpha value is -2.98. The molecule has 10 heteroatoms. The molecule has 2 aromatic rings. The third kappa shape index (κ3) is 7.40. The molecule has 0 unspecified atom stereocenters. The summed E-state index contributed by atoms with van der Waals surface area (Å²) < 4.78 is 29.1. The van der Waals surface area contributed by atoms with Crippen LogP contribution in [0.2, 0.25) is 0 Å². The second-order valence-electron chi connectivity index (χ2n) is 12.6. The van der Waals surface area contributed by atoms with Crippen molar-refractivity contribution in [3.05, 3.63) is 30.0 Å². The van der Waals surface area contributed by atoms with Crippen LogP contribution in [0.25, 0.3) is 11.0 Å². The minimum absolute atomic E-state index is 0.0460. The van der Waals surface area contributed by atoms with Crippen LogP contribution in [0.15, 0.2) is 28.7 Å². The minimum atomic E-state index is -0.547. The Morgan fingerprint density at radius 3 is 2.53 bits per heavy atom. The van der Waals surface area contributed by atoms with Gasteiger partial charge in [0.25, 0.3) is 0 Å². The molecule has 1 aromatic carbocycles. The summed E-state index contributed by atoms with van der Waals surface area (Å²) in [6, 6.07) is 5.88. The lowest BCUT2D eigenvalue weighted by atomic mass is 9.76. The van der Waals surface area contributed by atoms with Gasteiger partial charge in [-0.1, -0.05) is 32.1 Å². The molecule has 3 fully saturated rings. The number of carbonyl (C=O) groups is 3. The Bertz CT molecular complexity index is 1250. The van der Waals surface area contributed by atoms with Crippen LogP contribution in [0.3, 0.4) is 0 Å². The van der Waals surface area contributed by atoms with Crippen molar-refractivity contribution >= 4 is 34.4 Å². The summed E-state index contributed by atoms with van der Waals surface area (Å²) in [6.07, 6.45) is 10.0. The number of anilines is 1. The topological polar surface area (TPSA) is 124 Å². The van der Waals surface area contributed by atoms with Gasteiger partial charge in [-0.2, -0.15) is 0 Å². The van der Waals surface area contributed by atoms with E-state index in [-0.39, 0.29) is 41.9 Å². The summed E-state index contributed by atoms with van der Waals surface area (Å²) >= 11 is 0. The van der Waals surface area contributed by atoms with Gasteiger partial charge in [-0.25, -0.2) is 9.18 Å². The van der Waals surface area contributed by atoms with Crippen molar-refractivity contribution in [1.29, 1.82) is 0 Å². The molecule has 2 aliphatic carbocycles. The van der Waals surface area contributed by atoms with Crippen molar-refractivity contribution < 1.29 is 32.7 Å². The van der Waals surface area contributed by atoms with Gasteiger partial charge in [-0.15, -0.1) is 0 Å². The Kier molecular flexibility index (Phi) is 10.7. The SMILES string of the molecule is COCCCOC(=O)c1cc2cc(NC(=O)[C@@H]3[C@H](C4CCCCC4)CCN3C(=O)C3CCC([C@H](N)CF)CC3)ccc2o1. The first-order valence-electron chi connectivity index (χ1n) is 16.0. The van der Waals surface area contributed by atoms with Crippen LogP contribution in [-0.2, 0) is 19.1 Å². The van der Waals surface area contributed by atoms with Gasteiger partial charge < -0.3 is 29.8 Å². The molecule has 1 saturated heterocycles. The zero-order valence-corrected chi connectivity index (χ0v) is 25.2. The first kappa shape index (κ1) is 31.4. The molecule has 43 heavy (non-hydrogen) atoms. The Morgan fingerprint density at radius 1 is 1.05 bits per heavy atom. The number of nitrogens with zero attached hydrogens (tertiary/aromatic N) is 1. The maximum Gasteiger partial charge on any atom is 0.374 e. The van der Waals surface area contributed by atoms with E-state index in [0.717, 1.165) is 44.9 Å². The fourth-order valence-electron chi connectivity index (χ4n) is 7.49. The highest BCUT2D eigenvalue weighted by atomic mass is 19.1. The maximum absolute atomic E-state index is 14.0. The zero-order valence-electron chi connectivity index (χ0n) is 25.2. The highest BCUT2D eigenvalue weighted by Gasteiger charge is 2.47. The Balaban J connectivity index is 1.29. The standard InChI is InChI=1S/C33H46FN3O6/c1-41-16-5-17-42-33(40)29-19-24-18-25(12-13-28(24)43-29)36-31(38)30-26(21-6-3-2-4-7-21)14-15-37(30)32(39)23-10-8-22(9-11-23)27(35)20-34/h12-13,18-19,21-23,26-27,30H,2-11,14-17,20,35H2,1H3,(H,36,38)/t22?,23?,26-,27+,30-/m0/s1. The number of benzene rings is 1. The van der Waals surface area contributed by atoms with E-state index in [0.29, 0.717) is 55.0 Å². The normalized spacial score (nSPS) is 25.5. The molecule has 5 rings (SSSR count). The molecule has 3 N–H and O–H groups in total. The van der Waals surface area contributed by atoms with Gasteiger partial charge >= 0.3 is 5.97 Å². The predicted octanol–water partition coefficient (Wildman–Crippen LogP) is 5.47. The highest BCUT2D eigenvalue weighted by molar-refractivity contribution is 6.00. The number of hydrogen-bond donors (Lipinski definition) is 2. The predicted molar refractivity (Wildman–Crippen MR) is 161 cm³/mol.